The molecule has 52 valence electrons. The van der Waals surface area contributed by atoms with Crippen LogP contribution in [0.2, 0.25) is 0 Å². The quantitative estimate of drug-likeness (QED) is 0.416. The van der Waals surface area contributed by atoms with Gasteiger partial charge in [0.05, 0.1) is 7.11 Å². The molecule has 0 radical (unpaired) electrons. The van der Waals surface area contributed by atoms with Crippen molar-refractivity contribution in [2.45, 2.75) is 13.8 Å². The van der Waals surface area contributed by atoms with Crippen LogP contribution in [0.4, 0.5) is 0 Å². The van der Waals surface area contributed by atoms with Gasteiger partial charge >= 0.3 is 0 Å². The molecule has 0 rings (SSSR count). The lowest BCUT2D eigenvalue weighted by Gasteiger charge is -2.09. The van der Waals surface area contributed by atoms with E-state index in [0.29, 0.717) is 11.7 Å². The molecule has 0 heterocycles. The van der Waals surface area contributed by atoms with E-state index in [-0.39, 0.29) is 0 Å². The van der Waals surface area contributed by atoms with Crippen LogP contribution in [0.3, 0.4) is 0 Å². The highest BCUT2D eigenvalue weighted by Crippen LogP contribution is 2.14. The Balaban J connectivity index is 3.89. The van der Waals surface area contributed by atoms with E-state index in [0.717, 1.165) is 5.57 Å². The number of hydrogen-bond donors (Lipinski definition) is 0. The van der Waals surface area contributed by atoms with Crippen molar-refractivity contribution in [1.82, 2.24) is 0 Å². The fourth-order valence-corrected chi connectivity index (χ4v) is 0.453. The summed E-state index contributed by atoms with van der Waals surface area (Å²) in [6.45, 7) is 11.6. The van der Waals surface area contributed by atoms with E-state index in [1.807, 2.05) is 0 Å². The number of methoxy groups -OCH3 is 1. The highest BCUT2D eigenvalue weighted by atomic mass is 16.5. The second kappa shape index (κ2) is 3.33. The standard InChI is InChI=1S/C8H14O/c1-6(2)7(3)8(4)9-5/h6H,3-4H2,1-2,5H3. The van der Waals surface area contributed by atoms with Crippen molar-refractivity contribution >= 4 is 0 Å². The summed E-state index contributed by atoms with van der Waals surface area (Å²) in [5.41, 5.74) is 0.970. The summed E-state index contributed by atoms with van der Waals surface area (Å²) in [4.78, 5) is 0. The molecule has 0 aliphatic rings. The minimum atomic E-state index is 0.428. The van der Waals surface area contributed by atoms with Crippen molar-refractivity contribution < 1.29 is 4.74 Å². The summed E-state index contributed by atoms with van der Waals surface area (Å²) < 4.78 is 4.88. The lowest BCUT2D eigenvalue weighted by Crippen LogP contribution is -1.96. The molecule has 0 aromatic rings. The first kappa shape index (κ1) is 8.28. The lowest BCUT2D eigenvalue weighted by atomic mass is 10.0. The Kier molecular flexibility index (Phi) is 3.07. The molecule has 0 aliphatic carbocycles. The molecule has 0 atom stereocenters. The molecule has 0 unspecified atom stereocenters. The van der Waals surface area contributed by atoms with Crippen LogP contribution in [0.5, 0.6) is 0 Å². The van der Waals surface area contributed by atoms with Crippen molar-refractivity contribution in [2.75, 3.05) is 7.11 Å². The first-order chi connectivity index (χ1) is 4.09. The zero-order valence-corrected chi connectivity index (χ0v) is 6.40. The molecular weight excluding hydrogens is 112 g/mol. The Hall–Kier alpha value is -0.720. The van der Waals surface area contributed by atoms with Crippen LogP contribution >= 0.6 is 0 Å². The van der Waals surface area contributed by atoms with Gasteiger partial charge in [-0.3, -0.25) is 0 Å². The fraction of sp³-hybridized carbons (Fsp3) is 0.500. The summed E-state index contributed by atoms with van der Waals surface area (Å²) >= 11 is 0. The maximum Gasteiger partial charge on any atom is 0.114 e. The van der Waals surface area contributed by atoms with E-state index >= 15 is 0 Å². The van der Waals surface area contributed by atoms with Crippen molar-refractivity contribution in [3.63, 3.8) is 0 Å². The number of allylic oxidation sites excluding steroid dienone is 1. The van der Waals surface area contributed by atoms with E-state index in [1.165, 1.54) is 0 Å². The summed E-state index contributed by atoms with van der Waals surface area (Å²) in [6.07, 6.45) is 0. The maximum atomic E-state index is 4.88. The summed E-state index contributed by atoms with van der Waals surface area (Å²) in [5.74, 6) is 1.11. The lowest BCUT2D eigenvalue weighted by molar-refractivity contribution is 0.296. The second-order valence-electron chi connectivity index (χ2n) is 2.31. The zero-order chi connectivity index (χ0) is 7.44. The average Bonchev–Trinajstić information content (AvgIpc) is 1.84. The van der Waals surface area contributed by atoms with Gasteiger partial charge in [0.15, 0.2) is 0 Å². The molecule has 0 spiro atoms. The largest absolute Gasteiger partial charge is 0.497 e. The van der Waals surface area contributed by atoms with Crippen LogP contribution in [-0.4, -0.2) is 7.11 Å². The average molecular weight is 126 g/mol. The van der Waals surface area contributed by atoms with E-state index in [2.05, 4.69) is 27.0 Å². The van der Waals surface area contributed by atoms with Gasteiger partial charge in [-0.1, -0.05) is 27.0 Å². The fourth-order valence-electron chi connectivity index (χ4n) is 0.453. The highest BCUT2D eigenvalue weighted by Gasteiger charge is 2.02. The molecule has 1 heteroatoms. The SMILES string of the molecule is C=C(OC)C(=C)C(C)C. The molecule has 0 bridgehead atoms. The van der Waals surface area contributed by atoms with Crippen LogP contribution < -0.4 is 0 Å². The molecule has 0 N–H and O–H groups in total. The monoisotopic (exact) mass is 126 g/mol. The van der Waals surface area contributed by atoms with E-state index in [4.69, 9.17) is 4.74 Å². The predicted octanol–water partition coefficient (Wildman–Crippen LogP) is 2.36. The number of rotatable bonds is 3. The van der Waals surface area contributed by atoms with Crippen molar-refractivity contribution in [1.29, 1.82) is 0 Å². The normalized spacial score (nSPS) is 9.33. The maximum absolute atomic E-state index is 4.88. The molecule has 0 amide bonds. The highest BCUT2D eigenvalue weighted by molar-refractivity contribution is 5.20. The van der Waals surface area contributed by atoms with Crippen LogP contribution in [-0.2, 0) is 4.74 Å². The Labute approximate surface area is 57.0 Å². The van der Waals surface area contributed by atoms with Crippen LogP contribution in [0.25, 0.3) is 0 Å². The van der Waals surface area contributed by atoms with Gasteiger partial charge < -0.3 is 4.74 Å². The summed E-state index contributed by atoms with van der Waals surface area (Å²) in [5, 5.41) is 0. The first-order valence-corrected chi connectivity index (χ1v) is 3.01. The Morgan fingerprint density at radius 2 is 1.78 bits per heavy atom. The topological polar surface area (TPSA) is 9.23 Å². The van der Waals surface area contributed by atoms with E-state index < -0.39 is 0 Å². The molecule has 0 saturated carbocycles. The molecule has 0 aromatic heterocycles. The Morgan fingerprint density at radius 3 is 1.89 bits per heavy atom. The Morgan fingerprint density at radius 1 is 1.33 bits per heavy atom. The molecule has 0 aromatic carbocycles. The van der Waals surface area contributed by atoms with E-state index in [1.54, 1.807) is 7.11 Å². The molecule has 0 aliphatic heterocycles. The molecular formula is C8H14O. The third-order valence-electron chi connectivity index (χ3n) is 1.30. The van der Waals surface area contributed by atoms with Gasteiger partial charge in [0.2, 0.25) is 0 Å². The van der Waals surface area contributed by atoms with Crippen molar-refractivity contribution in [3.8, 4) is 0 Å². The van der Waals surface area contributed by atoms with Gasteiger partial charge in [-0.15, -0.1) is 0 Å². The van der Waals surface area contributed by atoms with Crippen LogP contribution in [0.15, 0.2) is 24.5 Å². The third-order valence-corrected chi connectivity index (χ3v) is 1.30. The first-order valence-electron chi connectivity index (χ1n) is 3.01. The third kappa shape index (κ3) is 2.36. The van der Waals surface area contributed by atoms with Crippen LogP contribution in [0.1, 0.15) is 13.8 Å². The van der Waals surface area contributed by atoms with Crippen molar-refractivity contribution in [3.05, 3.63) is 24.5 Å². The van der Waals surface area contributed by atoms with E-state index in [9.17, 15) is 0 Å². The number of hydrogen-bond acceptors (Lipinski definition) is 1. The van der Waals surface area contributed by atoms with Gasteiger partial charge in [0.1, 0.15) is 5.76 Å². The minimum absolute atomic E-state index is 0.428. The van der Waals surface area contributed by atoms with Gasteiger partial charge in [-0.05, 0) is 11.5 Å². The molecule has 9 heavy (non-hydrogen) atoms. The van der Waals surface area contributed by atoms with Gasteiger partial charge in [0, 0.05) is 0 Å². The molecule has 1 nitrogen and oxygen atoms in total. The summed E-state index contributed by atoms with van der Waals surface area (Å²) in [6, 6.07) is 0. The predicted molar refractivity (Wildman–Crippen MR) is 40.1 cm³/mol. The smallest absolute Gasteiger partial charge is 0.114 e. The second-order valence-corrected chi connectivity index (χ2v) is 2.31. The Bertz CT molecular complexity index is 123. The number of ether oxygens (including phenoxy) is 1. The molecule has 0 saturated heterocycles. The molecule has 0 fully saturated rings. The minimum Gasteiger partial charge on any atom is -0.497 e. The van der Waals surface area contributed by atoms with Crippen LogP contribution in [0, 0.1) is 5.92 Å². The zero-order valence-electron chi connectivity index (χ0n) is 6.40. The van der Waals surface area contributed by atoms with Crippen molar-refractivity contribution in [2.24, 2.45) is 5.92 Å². The van der Waals surface area contributed by atoms with Gasteiger partial charge in [-0.2, -0.15) is 0 Å². The van der Waals surface area contributed by atoms with Gasteiger partial charge in [0.25, 0.3) is 0 Å². The van der Waals surface area contributed by atoms with Gasteiger partial charge in [-0.25, -0.2) is 0 Å². The summed E-state index contributed by atoms with van der Waals surface area (Å²) in [7, 11) is 1.61.